The summed E-state index contributed by atoms with van der Waals surface area (Å²) in [7, 11) is 0. The molecule has 1 atom stereocenters. The molecule has 90 valence electrons. The van der Waals surface area contributed by atoms with Crippen molar-refractivity contribution in [2.75, 3.05) is 5.75 Å². The van der Waals surface area contributed by atoms with E-state index in [4.69, 9.17) is 5.73 Å². The highest BCUT2D eigenvalue weighted by molar-refractivity contribution is 7.99. The third-order valence-electron chi connectivity index (χ3n) is 2.49. The van der Waals surface area contributed by atoms with Gasteiger partial charge < -0.3 is 5.73 Å². The van der Waals surface area contributed by atoms with Crippen molar-refractivity contribution in [2.24, 2.45) is 5.73 Å². The van der Waals surface area contributed by atoms with Crippen molar-refractivity contribution in [3.63, 3.8) is 0 Å². The van der Waals surface area contributed by atoms with Crippen molar-refractivity contribution in [1.29, 1.82) is 0 Å². The van der Waals surface area contributed by atoms with Gasteiger partial charge in [0.15, 0.2) is 0 Å². The van der Waals surface area contributed by atoms with Crippen LogP contribution in [-0.2, 0) is 6.42 Å². The molecule has 0 aromatic heterocycles. The second kappa shape index (κ2) is 6.92. The van der Waals surface area contributed by atoms with Crippen molar-refractivity contribution in [3.05, 3.63) is 29.6 Å². The minimum Gasteiger partial charge on any atom is -0.327 e. The molecule has 0 radical (unpaired) electrons. The van der Waals surface area contributed by atoms with E-state index < -0.39 is 0 Å². The Kier molecular flexibility index (Phi) is 5.85. The molecule has 2 N–H and O–H groups in total. The van der Waals surface area contributed by atoms with E-state index in [0.29, 0.717) is 0 Å². The standard InChI is InChI=1S/C13H20FNS/c1-3-7-16-13-6-5-11(14)8-10(13)9-12(15)4-2/h5-6,8,12H,3-4,7,9,15H2,1-2H3. The first-order valence-electron chi connectivity index (χ1n) is 5.84. The van der Waals surface area contributed by atoms with Gasteiger partial charge in [-0.1, -0.05) is 13.8 Å². The maximum atomic E-state index is 13.2. The van der Waals surface area contributed by atoms with Crippen molar-refractivity contribution in [2.45, 2.75) is 44.0 Å². The van der Waals surface area contributed by atoms with Crippen LogP contribution in [0.3, 0.4) is 0 Å². The molecule has 0 saturated heterocycles. The summed E-state index contributed by atoms with van der Waals surface area (Å²) in [6.45, 7) is 4.21. The molecule has 1 nitrogen and oxygen atoms in total. The van der Waals surface area contributed by atoms with Crippen LogP contribution in [0.1, 0.15) is 32.3 Å². The number of halogens is 1. The second-order valence-corrected chi connectivity index (χ2v) is 5.11. The Morgan fingerprint density at radius 3 is 2.75 bits per heavy atom. The van der Waals surface area contributed by atoms with Gasteiger partial charge in [0.05, 0.1) is 0 Å². The van der Waals surface area contributed by atoms with Crippen LogP contribution in [0.2, 0.25) is 0 Å². The summed E-state index contributed by atoms with van der Waals surface area (Å²) in [5.74, 6) is 0.902. The Labute approximate surface area is 102 Å². The highest BCUT2D eigenvalue weighted by Crippen LogP contribution is 2.25. The van der Waals surface area contributed by atoms with E-state index >= 15 is 0 Å². The number of nitrogens with two attached hydrogens (primary N) is 1. The number of thioether (sulfide) groups is 1. The van der Waals surface area contributed by atoms with Crippen molar-refractivity contribution in [3.8, 4) is 0 Å². The summed E-state index contributed by atoms with van der Waals surface area (Å²) < 4.78 is 13.2. The van der Waals surface area contributed by atoms with Crippen LogP contribution in [0.4, 0.5) is 4.39 Å². The zero-order valence-corrected chi connectivity index (χ0v) is 10.8. The summed E-state index contributed by atoms with van der Waals surface area (Å²) in [6, 6.07) is 5.14. The fourth-order valence-corrected chi connectivity index (χ4v) is 2.40. The first-order valence-corrected chi connectivity index (χ1v) is 6.82. The Morgan fingerprint density at radius 2 is 2.12 bits per heavy atom. The van der Waals surface area contributed by atoms with E-state index in [1.54, 1.807) is 17.8 Å². The molecule has 0 heterocycles. The van der Waals surface area contributed by atoms with Gasteiger partial charge in [0, 0.05) is 10.9 Å². The van der Waals surface area contributed by atoms with Crippen LogP contribution in [0.5, 0.6) is 0 Å². The van der Waals surface area contributed by atoms with E-state index in [0.717, 1.165) is 30.6 Å². The second-order valence-electron chi connectivity index (χ2n) is 3.97. The average molecular weight is 241 g/mol. The van der Waals surface area contributed by atoms with Gasteiger partial charge in [-0.15, -0.1) is 11.8 Å². The molecule has 0 spiro atoms. The van der Waals surface area contributed by atoms with Crippen molar-refractivity contribution >= 4 is 11.8 Å². The average Bonchev–Trinajstić information content (AvgIpc) is 2.28. The first kappa shape index (κ1) is 13.5. The topological polar surface area (TPSA) is 26.0 Å². The van der Waals surface area contributed by atoms with E-state index in [1.165, 1.54) is 11.0 Å². The van der Waals surface area contributed by atoms with Gasteiger partial charge >= 0.3 is 0 Å². The summed E-state index contributed by atoms with van der Waals surface area (Å²) in [4.78, 5) is 1.17. The van der Waals surface area contributed by atoms with Crippen molar-refractivity contribution < 1.29 is 4.39 Å². The molecule has 3 heteroatoms. The van der Waals surface area contributed by atoms with Crippen LogP contribution in [0.15, 0.2) is 23.1 Å². The molecule has 0 saturated carbocycles. The molecular weight excluding hydrogens is 221 g/mol. The van der Waals surface area contributed by atoms with Crippen LogP contribution in [0, 0.1) is 5.82 Å². The van der Waals surface area contributed by atoms with Crippen LogP contribution >= 0.6 is 11.8 Å². The fraction of sp³-hybridized carbons (Fsp3) is 0.538. The van der Waals surface area contributed by atoms with E-state index in [9.17, 15) is 4.39 Å². The molecule has 0 bridgehead atoms. The summed E-state index contributed by atoms with van der Waals surface area (Å²) in [5.41, 5.74) is 6.97. The maximum Gasteiger partial charge on any atom is 0.123 e. The van der Waals surface area contributed by atoms with Crippen LogP contribution in [0.25, 0.3) is 0 Å². The molecule has 0 fully saturated rings. The van der Waals surface area contributed by atoms with Gasteiger partial charge in [-0.25, -0.2) is 4.39 Å². The molecular formula is C13H20FNS. The monoisotopic (exact) mass is 241 g/mol. The maximum absolute atomic E-state index is 13.2. The highest BCUT2D eigenvalue weighted by atomic mass is 32.2. The highest BCUT2D eigenvalue weighted by Gasteiger charge is 2.08. The molecule has 0 aliphatic heterocycles. The summed E-state index contributed by atoms with van der Waals surface area (Å²) >= 11 is 1.79. The van der Waals surface area contributed by atoms with Gasteiger partial charge in [-0.2, -0.15) is 0 Å². The lowest BCUT2D eigenvalue weighted by Gasteiger charge is -2.13. The smallest absolute Gasteiger partial charge is 0.123 e. The largest absolute Gasteiger partial charge is 0.327 e. The van der Waals surface area contributed by atoms with Crippen LogP contribution in [-0.4, -0.2) is 11.8 Å². The summed E-state index contributed by atoms with van der Waals surface area (Å²) in [6.07, 6.45) is 2.82. The van der Waals surface area contributed by atoms with E-state index in [1.807, 2.05) is 6.07 Å². The Morgan fingerprint density at radius 1 is 1.38 bits per heavy atom. The van der Waals surface area contributed by atoms with Gasteiger partial charge in [-0.3, -0.25) is 0 Å². The normalized spacial score (nSPS) is 12.8. The molecule has 1 aromatic rings. The molecule has 0 amide bonds. The lowest BCUT2D eigenvalue weighted by Crippen LogP contribution is -2.21. The Balaban J connectivity index is 2.80. The molecule has 0 aliphatic carbocycles. The van der Waals surface area contributed by atoms with Gasteiger partial charge in [0.1, 0.15) is 5.82 Å². The Hall–Kier alpha value is -0.540. The number of hydrogen-bond acceptors (Lipinski definition) is 2. The lowest BCUT2D eigenvalue weighted by atomic mass is 10.0. The van der Waals surface area contributed by atoms with Crippen LogP contribution < -0.4 is 5.73 Å². The number of benzene rings is 1. The molecule has 0 aliphatic rings. The molecule has 1 unspecified atom stereocenters. The zero-order chi connectivity index (χ0) is 12.0. The summed E-state index contributed by atoms with van der Waals surface area (Å²) in [5, 5.41) is 0. The fourth-order valence-electron chi connectivity index (χ4n) is 1.49. The first-order chi connectivity index (χ1) is 7.67. The quantitative estimate of drug-likeness (QED) is 0.770. The van der Waals surface area contributed by atoms with Crippen molar-refractivity contribution in [1.82, 2.24) is 0 Å². The predicted molar refractivity (Wildman–Crippen MR) is 69.4 cm³/mol. The minimum absolute atomic E-state index is 0.128. The van der Waals surface area contributed by atoms with Gasteiger partial charge in [0.25, 0.3) is 0 Å². The number of hydrogen-bond donors (Lipinski definition) is 1. The molecule has 16 heavy (non-hydrogen) atoms. The Bertz CT molecular complexity index is 328. The molecule has 1 aromatic carbocycles. The number of rotatable bonds is 6. The third kappa shape index (κ3) is 4.14. The zero-order valence-electron chi connectivity index (χ0n) is 10.0. The third-order valence-corrected chi connectivity index (χ3v) is 3.81. The predicted octanol–water partition coefficient (Wildman–Crippen LogP) is 3.61. The minimum atomic E-state index is -0.167. The lowest BCUT2D eigenvalue weighted by molar-refractivity contribution is 0.610. The van der Waals surface area contributed by atoms with E-state index in [-0.39, 0.29) is 11.9 Å². The van der Waals surface area contributed by atoms with E-state index in [2.05, 4.69) is 13.8 Å². The van der Waals surface area contributed by atoms with Gasteiger partial charge in [0.2, 0.25) is 0 Å². The molecule has 1 rings (SSSR count). The SMILES string of the molecule is CCCSc1ccc(F)cc1CC(N)CC. The van der Waals surface area contributed by atoms with Gasteiger partial charge in [-0.05, 0) is 48.8 Å².